The number of fused-ring (bicyclic) bond motifs is 3. The number of hydrogen-bond acceptors (Lipinski definition) is 4. The monoisotopic (exact) mass is 464 g/mol. The Balaban J connectivity index is 1.38. The Morgan fingerprint density at radius 2 is 1.50 bits per heavy atom. The van der Waals surface area contributed by atoms with Gasteiger partial charge < -0.3 is 20.1 Å². The number of ether oxygens (including phenoxy) is 1. The molecule has 0 aromatic heterocycles. The standard InChI is InChI=1S/C27H32N2O5/c1-26(2,24(32)29-14-17(15-29)13-23(30)31)27(3,4)28-25(33)34-16-22-20-11-7-5-9-18(20)19-10-6-8-12-21(19)22/h5-12,17,22H,13-16H2,1-4H3,(H,28,33)(H,30,31). The summed E-state index contributed by atoms with van der Waals surface area (Å²) in [4.78, 5) is 38.5. The van der Waals surface area contributed by atoms with E-state index in [2.05, 4.69) is 29.6 Å². The van der Waals surface area contributed by atoms with Gasteiger partial charge in [0, 0.05) is 24.9 Å². The van der Waals surface area contributed by atoms with Crippen LogP contribution in [-0.4, -0.2) is 53.2 Å². The third-order valence-electron chi connectivity index (χ3n) is 7.56. The zero-order valence-electron chi connectivity index (χ0n) is 20.1. The number of carboxylic acids is 1. The Morgan fingerprint density at radius 1 is 0.971 bits per heavy atom. The summed E-state index contributed by atoms with van der Waals surface area (Å²) in [5.74, 6) is -1.02. The Hall–Kier alpha value is -3.35. The van der Waals surface area contributed by atoms with Crippen LogP contribution in [0.1, 0.15) is 51.2 Å². The number of carbonyl (C=O) groups is 3. The van der Waals surface area contributed by atoms with Gasteiger partial charge in [-0.1, -0.05) is 48.5 Å². The van der Waals surface area contributed by atoms with Crippen LogP contribution >= 0.6 is 0 Å². The van der Waals surface area contributed by atoms with Crippen molar-refractivity contribution in [3.05, 3.63) is 59.7 Å². The molecule has 1 aliphatic heterocycles. The summed E-state index contributed by atoms with van der Waals surface area (Å²) in [6.07, 6.45) is -0.508. The third-order valence-corrected chi connectivity index (χ3v) is 7.56. The normalized spacial score (nSPS) is 15.8. The lowest BCUT2D eigenvalue weighted by molar-refractivity contribution is -0.154. The zero-order valence-corrected chi connectivity index (χ0v) is 20.1. The second-order valence-electron chi connectivity index (χ2n) is 10.4. The molecule has 2 aliphatic rings. The van der Waals surface area contributed by atoms with E-state index in [0.717, 1.165) is 22.3 Å². The van der Waals surface area contributed by atoms with E-state index in [1.165, 1.54) is 0 Å². The van der Waals surface area contributed by atoms with Gasteiger partial charge in [-0.2, -0.15) is 0 Å². The fraction of sp³-hybridized carbons (Fsp3) is 0.444. The van der Waals surface area contributed by atoms with Gasteiger partial charge in [-0.05, 0) is 49.9 Å². The molecule has 0 unspecified atom stereocenters. The van der Waals surface area contributed by atoms with Crippen molar-refractivity contribution >= 4 is 18.0 Å². The Labute approximate surface area is 200 Å². The maximum absolute atomic E-state index is 13.1. The highest BCUT2D eigenvalue weighted by Gasteiger charge is 2.49. The molecule has 7 nitrogen and oxygen atoms in total. The summed E-state index contributed by atoms with van der Waals surface area (Å²) in [6.45, 7) is 8.26. The average Bonchev–Trinajstić information content (AvgIpc) is 3.07. The summed E-state index contributed by atoms with van der Waals surface area (Å²) < 4.78 is 5.67. The number of carbonyl (C=O) groups excluding carboxylic acids is 2. The lowest BCUT2D eigenvalue weighted by atomic mass is 9.72. The van der Waals surface area contributed by atoms with E-state index in [0.29, 0.717) is 13.1 Å². The van der Waals surface area contributed by atoms with Crippen LogP contribution in [0.2, 0.25) is 0 Å². The molecule has 4 rings (SSSR count). The molecular formula is C27H32N2O5. The molecule has 1 heterocycles. The predicted octanol–water partition coefficient (Wildman–Crippen LogP) is 4.26. The van der Waals surface area contributed by atoms with Crippen molar-refractivity contribution in [1.82, 2.24) is 10.2 Å². The molecule has 2 aromatic rings. The SMILES string of the molecule is CC(C)(NC(=O)OCC1c2ccccc2-c2ccccc21)C(C)(C)C(=O)N1CC(CC(=O)O)C1. The van der Waals surface area contributed by atoms with Gasteiger partial charge in [-0.25, -0.2) is 4.79 Å². The second kappa shape index (κ2) is 8.78. The van der Waals surface area contributed by atoms with Crippen LogP contribution in [0.4, 0.5) is 4.79 Å². The van der Waals surface area contributed by atoms with E-state index < -0.39 is 23.0 Å². The number of aliphatic carboxylic acids is 1. The summed E-state index contributed by atoms with van der Waals surface area (Å²) in [7, 11) is 0. The molecule has 1 aliphatic carbocycles. The molecule has 180 valence electrons. The topological polar surface area (TPSA) is 95.9 Å². The zero-order chi connectivity index (χ0) is 24.7. The van der Waals surface area contributed by atoms with Crippen molar-refractivity contribution in [1.29, 1.82) is 0 Å². The molecule has 2 amide bonds. The number of nitrogens with zero attached hydrogens (tertiary/aromatic N) is 1. The van der Waals surface area contributed by atoms with Crippen molar-refractivity contribution < 1.29 is 24.2 Å². The minimum atomic E-state index is -0.910. The summed E-state index contributed by atoms with van der Waals surface area (Å²) >= 11 is 0. The van der Waals surface area contributed by atoms with Gasteiger partial charge in [-0.15, -0.1) is 0 Å². The van der Waals surface area contributed by atoms with Gasteiger partial charge in [0.2, 0.25) is 5.91 Å². The fourth-order valence-corrected chi connectivity index (χ4v) is 4.82. The smallest absolute Gasteiger partial charge is 0.407 e. The van der Waals surface area contributed by atoms with Gasteiger partial charge in [0.1, 0.15) is 6.61 Å². The number of alkyl carbamates (subject to hydrolysis) is 1. The van der Waals surface area contributed by atoms with Crippen LogP contribution in [0.25, 0.3) is 11.1 Å². The van der Waals surface area contributed by atoms with Crippen LogP contribution in [0.3, 0.4) is 0 Å². The molecule has 2 aromatic carbocycles. The van der Waals surface area contributed by atoms with E-state index in [1.54, 1.807) is 32.6 Å². The maximum atomic E-state index is 13.1. The van der Waals surface area contributed by atoms with E-state index in [4.69, 9.17) is 9.84 Å². The first-order valence-electron chi connectivity index (χ1n) is 11.7. The Bertz CT molecular complexity index is 1070. The number of benzene rings is 2. The highest BCUT2D eigenvalue weighted by Crippen LogP contribution is 2.44. The maximum Gasteiger partial charge on any atom is 0.407 e. The highest BCUT2D eigenvalue weighted by atomic mass is 16.5. The van der Waals surface area contributed by atoms with Crippen LogP contribution in [0, 0.1) is 11.3 Å². The molecule has 0 bridgehead atoms. The van der Waals surface area contributed by atoms with E-state index in [9.17, 15) is 14.4 Å². The van der Waals surface area contributed by atoms with E-state index in [1.807, 2.05) is 24.3 Å². The first-order chi connectivity index (χ1) is 16.0. The number of rotatable bonds is 7. The minimum Gasteiger partial charge on any atom is -0.481 e. The van der Waals surface area contributed by atoms with Crippen LogP contribution in [0.5, 0.6) is 0 Å². The Kier molecular flexibility index (Phi) is 6.14. The molecule has 0 spiro atoms. The number of hydrogen-bond donors (Lipinski definition) is 2. The van der Waals surface area contributed by atoms with Gasteiger partial charge in [-0.3, -0.25) is 9.59 Å². The largest absolute Gasteiger partial charge is 0.481 e. The molecular weight excluding hydrogens is 432 g/mol. The molecule has 7 heteroatoms. The van der Waals surface area contributed by atoms with Crippen LogP contribution in [-0.2, 0) is 14.3 Å². The second-order valence-corrected chi connectivity index (χ2v) is 10.4. The fourth-order valence-electron chi connectivity index (χ4n) is 4.82. The number of amides is 2. The molecule has 1 saturated heterocycles. The molecule has 2 N–H and O–H groups in total. The number of carboxylic acid groups (broad SMARTS) is 1. The van der Waals surface area contributed by atoms with Crippen molar-refractivity contribution in [2.24, 2.45) is 11.3 Å². The first kappa shape index (κ1) is 23.8. The third kappa shape index (κ3) is 4.27. The van der Waals surface area contributed by atoms with Crippen LogP contribution < -0.4 is 5.32 Å². The summed E-state index contributed by atoms with van der Waals surface area (Å²) in [6, 6.07) is 16.3. The number of nitrogens with one attached hydrogen (secondary N) is 1. The van der Waals surface area contributed by atoms with Gasteiger partial charge in [0.05, 0.1) is 17.4 Å². The number of likely N-dealkylation sites (tertiary alicyclic amines) is 1. The van der Waals surface area contributed by atoms with Crippen molar-refractivity contribution in [3.8, 4) is 11.1 Å². The molecule has 0 atom stereocenters. The average molecular weight is 465 g/mol. The Morgan fingerprint density at radius 3 is 2.03 bits per heavy atom. The lowest BCUT2D eigenvalue weighted by Crippen LogP contribution is -2.63. The van der Waals surface area contributed by atoms with Gasteiger partial charge in [0.25, 0.3) is 0 Å². The highest BCUT2D eigenvalue weighted by molar-refractivity contribution is 5.85. The van der Waals surface area contributed by atoms with E-state index >= 15 is 0 Å². The molecule has 0 saturated carbocycles. The van der Waals surface area contributed by atoms with Crippen LogP contribution in [0.15, 0.2) is 48.5 Å². The summed E-state index contributed by atoms with van der Waals surface area (Å²) in [5, 5.41) is 11.8. The first-order valence-corrected chi connectivity index (χ1v) is 11.7. The van der Waals surface area contributed by atoms with Gasteiger partial charge in [0.15, 0.2) is 0 Å². The van der Waals surface area contributed by atoms with Gasteiger partial charge >= 0.3 is 12.1 Å². The van der Waals surface area contributed by atoms with Crippen molar-refractivity contribution in [2.45, 2.75) is 45.6 Å². The summed E-state index contributed by atoms with van der Waals surface area (Å²) in [5.41, 5.74) is 2.81. The molecule has 1 fully saturated rings. The van der Waals surface area contributed by atoms with E-state index in [-0.39, 0.29) is 30.8 Å². The van der Waals surface area contributed by atoms with Crippen molar-refractivity contribution in [2.75, 3.05) is 19.7 Å². The predicted molar refractivity (Wildman–Crippen MR) is 128 cm³/mol. The molecule has 34 heavy (non-hydrogen) atoms. The van der Waals surface area contributed by atoms with Crippen molar-refractivity contribution in [3.63, 3.8) is 0 Å². The quantitative estimate of drug-likeness (QED) is 0.638. The molecule has 0 radical (unpaired) electrons. The lowest BCUT2D eigenvalue weighted by Gasteiger charge is -2.48. The minimum absolute atomic E-state index is 0.0181.